The molecule has 0 bridgehead atoms. The predicted octanol–water partition coefficient (Wildman–Crippen LogP) is 0.850. The minimum absolute atomic E-state index is 0. The van der Waals surface area contributed by atoms with Gasteiger partial charge in [-0.05, 0) is 0 Å². The summed E-state index contributed by atoms with van der Waals surface area (Å²) in [5, 5.41) is 0. The van der Waals surface area contributed by atoms with Crippen molar-refractivity contribution in [3.05, 3.63) is 12.8 Å². The minimum atomic E-state index is -0.329. The van der Waals surface area contributed by atoms with Gasteiger partial charge in [-0.1, -0.05) is 18.8 Å². The molecule has 6 heteroatoms. The molecule has 0 fully saturated rings. The van der Waals surface area contributed by atoms with Crippen LogP contribution in [0.4, 0.5) is 0 Å². The Kier molecular flexibility index (Phi) is 19.7. The van der Waals surface area contributed by atoms with Crippen LogP contribution >= 0.6 is 24.8 Å². The van der Waals surface area contributed by atoms with E-state index in [1.165, 1.54) is 6.92 Å². The van der Waals surface area contributed by atoms with Gasteiger partial charge in [0.2, 0.25) is 0 Å². The van der Waals surface area contributed by atoms with E-state index in [0.29, 0.717) is 0 Å². The van der Waals surface area contributed by atoms with Gasteiger partial charge in [-0.25, -0.2) is 0 Å². The molecule has 0 saturated heterocycles. The van der Waals surface area contributed by atoms with E-state index in [-0.39, 0.29) is 27.4 Å². The van der Waals surface area contributed by atoms with Gasteiger partial charge in [0.05, 0.1) is 6.26 Å². The van der Waals surface area contributed by atoms with Crippen LogP contribution in [-0.4, -0.2) is 10.3 Å². The fraction of sp³-hybridized carbons (Fsp3) is 0.200. The Morgan fingerprint density at radius 1 is 1.82 bits per heavy atom. The number of nitrogens with two attached hydrogens (primary N) is 1. The van der Waals surface area contributed by atoms with Crippen molar-refractivity contribution >= 4 is 35.1 Å². The molecule has 0 heterocycles. The van der Waals surface area contributed by atoms with E-state index < -0.39 is 0 Å². The van der Waals surface area contributed by atoms with Gasteiger partial charge in [-0.2, -0.15) is 0 Å². The van der Waals surface area contributed by atoms with Crippen LogP contribution in [0.25, 0.3) is 0 Å². The summed E-state index contributed by atoms with van der Waals surface area (Å²) in [6.07, 6.45) is 1.10. The Balaban J connectivity index is -0.000000114. The number of carbonyl (C=O) groups excluding carboxylic acids is 1. The normalized spacial score (nSPS) is 6.00. The number of carbonyl (C=O) groups is 1. The van der Waals surface area contributed by atoms with Crippen LogP contribution in [0.1, 0.15) is 6.92 Å². The van der Waals surface area contributed by atoms with Crippen molar-refractivity contribution in [1.82, 2.24) is 0 Å². The molecule has 0 aliphatic carbocycles. The summed E-state index contributed by atoms with van der Waals surface area (Å²) in [7, 11) is 0. The van der Waals surface area contributed by atoms with Crippen molar-refractivity contribution < 1.29 is 26.6 Å². The van der Waals surface area contributed by atoms with Gasteiger partial charge in [0.1, 0.15) is 4.32 Å². The zero-order valence-electron chi connectivity index (χ0n) is 5.91. The van der Waals surface area contributed by atoms with Crippen LogP contribution < -0.4 is 5.73 Å². The maximum absolute atomic E-state index is 9.75. The van der Waals surface area contributed by atoms with E-state index in [1.54, 1.807) is 0 Å². The maximum Gasteiger partial charge on any atom is 0.307 e. The number of hydrogen-bond acceptors (Lipinski definition) is 3. The van der Waals surface area contributed by atoms with Gasteiger partial charge in [-0.3, -0.25) is 4.79 Å². The molecule has 0 saturated carbocycles. The van der Waals surface area contributed by atoms with Crippen molar-refractivity contribution in [3.63, 3.8) is 0 Å². The molecular formula is C5H9MnNO2S2. The molecule has 11 heavy (non-hydrogen) atoms. The molecule has 0 aromatic heterocycles. The van der Waals surface area contributed by atoms with Gasteiger partial charge in [0.25, 0.3) is 0 Å². The summed E-state index contributed by atoms with van der Waals surface area (Å²) < 4.78 is 4.36. The molecule has 0 amide bonds. The Labute approximate surface area is 87.2 Å². The van der Waals surface area contributed by atoms with Gasteiger partial charge in [0.15, 0.2) is 0 Å². The Hall–Kier alpha value is -0.0305. The first-order valence-corrected chi connectivity index (χ1v) is 3.12. The first-order chi connectivity index (χ1) is 4.50. The third-order valence-corrected chi connectivity index (χ3v) is 0.249. The molecule has 0 aromatic carbocycles. The number of ether oxygens (including phenoxy) is 1. The quantitative estimate of drug-likeness (QED) is 0.232. The van der Waals surface area contributed by atoms with Crippen LogP contribution in [0.2, 0.25) is 0 Å². The smallest absolute Gasteiger partial charge is 0.307 e. The summed E-state index contributed by atoms with van der Waals surface area (Å²) in [4.78, 5) is 9.75. The van der Waals surface area contributed by atoms with Gasteiger partial charge in [0, 0.05) is 24.0 Å². The van der Waals surface area contributed by atoms with Crippen LogP contribution in [0, 0.1) is 0 Å². The van der Waals surface area contributed by atoms with Crippen LogP contribution in [-0.2, 0) is 26.6 Å². The minimum Gasteiger partial charge on any atom is -0.435 e. The summed E-state index contributed by atoms with van der Waals surface area (Å²) >= 11 is 7.65. The number of thiocarbonyl (C=S) groups is 1. The molecule has 65 valence electrons. The number of thiol groups is 1. The Bertz CT molecular complexity index is 136. The predicted molar refractivity (Wildman–Crippen MR) is 47.7 cm³/mol. The summed E-state index contributed by atoms with van der Waals surface area (Å²) in [6.45, 7) is 4.48. The molecule has 1 radical (unpaired) electrons. The van der Waals surface area contributed by atoms with Gasteiger partial charge < -0.3 is 10.5 Å². The van der Waals surface area contributed by atoms with E-state index >= 15 is 0 Å². The van der Waals surface area contributed by atoms with Gasteiger partial charge in [-0.15, -0.1) is 12.6 Å². The summed E-state index contributed by atoms with van der Waals surface area (Å²) in [5.41, 5.74) is 4.71. The second kappa shape index (κ2) is 12.6. The molecule has 0 atom stereocenters. The number of hydrogen-bond donors (Lipinski definition) is 2. The molecule has 0 spiro atoms. The average Bonchev–Trinajstić information content (AvgIpc) is 1.62. The van der Waals surface area contributed by atoms with E-state index in [4.69, 9.17) is 5.73 Å². The maximum atomic E-state index is 9.75. The van der Waals surface area contributed by atoms with E-state index in [0.717, 1.165) is 6.26 Å². The zero-order valence-corrected chi connectivity index (χ0v) is 8.80. The molecule has 0 aliphatic rings. The van der Waals surface area contributed by atoms with E-state index in [1.807, 2.05) is 0 Å². The Morgan fingerprint density at radius 2 is 2.09 bits per heavy atom. The molecule has 3 nitrogen and oxygen atoms in total. The van der Waals surface area contributed by atoms with E-state index in [9.17, 15) is 4.79 Å². The second-order valence-corrected chi connectivity index (χ2v) is 2.34. The molecular weight excluding hydrogens is 225 g/mol. The first kappa shape index (κ1) is 17.2. The van der Waals surface area contributed by atoms with Crippen molar-refractivity contribution in [3.8, 4) is 0 Å². The zero-order chi connectivity index (χ0) is 8.57. The molecule has 0 aromatic rings. The largest absolute Gasteiger partial charge is 0.435 e. The topological polar surface area (TPSA) is 52.3 Å². The van der Waals surface area contributed by atoms with Gasteiger partial charge >= 0.3 is 5.97 Å². The fourth-order valence-electron chi connectivity index (χ4n) is 0.117. The second-order valence-electron chi connectivity index (χ2n) is 1.11. The van der Waals surface area contributed by atoms with Crippen LogP contribution in [0.3, 0.4) is 0 Å². The number of rotatable bonds is 1. The van der Waals surface area contributed by atoms with Crippen molar-refractivity contribution in [1.29, 1.82) is 0 Å². The SMILES string of the molecule is C=COC(C)=O.NC(=S)S.[Mn]. The van der Waals surface area contributed by atoms with Crippen molar-refractivity contribution in [2.75, 3.05) is 0 Å². The standard InChI is InChI=1S/C4H6O2.CH3NS2.Mn/c1-3-6-4(2)5;2-1(3)4;/h3H,1H2,2H3;(H3,2,3,4);. The first-order valence-electron chi connectivity index (χ1n) is 2.27. The fourth-order valence-corrected chi connectivity index (χ4v) is 0.117. The van der Waals surface area contributed by atoms with Crippen molar-refractivity contribution in [2.45, 2.75) is 6.92 Å². The van der Waals surface area contributed by atoms with Crippen LogP contribution in [0.5, 0.6) is 0 Å². The average molecular weight is 234 g/mol. The summed E-state index contributed by atoms with van der Waals surface area (Å²) in [6, 6.07) is 0. The van der Waals surface area contributed by atoms with E-state index in [2.05, 4.69) is 36.2 Å². The third-order valence-electron chi connectivity index (χ3n) is 0.249. The molecule has 0 unspecified atom stereocenters. The van der Waals surface area contributed by atoms with Crippen molar-refractivity contribution in [2.24, 2.45) is 5.73 Å². The Morgan fingerprint density at radius 3 is 2.09 bits per heavy atom. The number of esters is 1. The molecule has 0 aliphatic heterocycles. The monoisotopic (exact) mass is 234 g/mol. The molecule has 2 N–H and O–H groups in total. The summed E-state index contributed by atoms with van der Waals surface area (Å²) in [5.74, 6) is -0.329. The molecule has 0 rings (SSSR count). The third kappa shape index (κ3) is 71.8. The van der Waals surface area contributed by atoms with Crippen LogP contribution in [0.15, 0.2) is 12.8 Å².